The first-order valence-electron chi connectivity index (χ1n) is 10.5. The van der Waals surface area contributed by atoms with Crippen molar-refractivity contribution in [2.24, 2.45) is 5.92 Å². The van der Waals surface area contributed by atoms with Crippen LogP contribution in [-0.4, -0.2) is 46.0 Å². The Kier molecular flexibility index (Phi) is 4.91. The highest BCUT2D eigenvalue weighted by molar-refractivity contribution is 7.13. The molecule has 8 heteroatoms. The summed E-state index contributed by atoms with van der Waals surface area (Å²) < 4.78 is 1.87. The van der Waals surface area contributed by atoms with Gasteiger partial charge in [-0.1, -0.05) is 6.42 Å². The van der Waals surface area contributed by atoms with Gasteiger partial charge in [0.25, 0.3) is 11.5 Å². The highest BCUT2D eigenvalue weighted by Gasteiger charge is 2.38. The lowest BCUT2D eigenvalue weighted by molar-refractivity contribution is 0.0475. The summed E-state index contributed by atoms with van der Waals surface area (Å²) in [6.07, 6.45) is 5.75. The van der Waals surface area contributed by atoms with E-state index in [1.807, 2.05) is 16.0 Å². The van der Waals surface area contributed by atoms with Crippen LogP contribution in [0.5, 0.6) is 0 Å². The number of nitrogens with two attached hydrogens (primary N) is 1. The lowest BCUT2D eigenvalue weighted by Crippen LogP contribution is -2.52. The fourth-order valence-corrected chi connectivity index (χ4v) is 5.64. The number of pyridine rings is 1. The Morgan fingerprint density at radius 1 is 1.28 bits per heavy atom. The normalized spacial score (nSPS) is 24.0. The Hall–Kier alpha value is -2.19. The number of hydrogen-bond donors (Lipinski definition) is 2. The van der Waals surface area contributed by atoms with Crippen LogP contribution in [-0.2, 0) is 13.0 Å². The minimum atomic E-state index is -0.305. The molecule has 1 amide bonds. The molecule has 3 aliphatic rings. The maximum absolute atomic E-state index is 13.1. The molecule has 4 heterocycles. The topological polar surface area (TPSA) is 93.2 Å². The molecule has 29 heavy (non-hydrogen) atoms. The molecule has 154 valence electrons. The van der Waals surface area contributed by atoms with E-state index in [1.54, 1.807) is 6.07 Å². The van der Waals surface area contributed by atoms with E-state index in [9.17, 15) is 9.59 Å². The zero-order valence-electron chi connectivity index (χ0n) is 16.5. The third kappa shape index (κ3) is 3.59. The average molecular weight is 414 g/mol. The summed E-state index contributed by atoms with van der Waals surface area (Å²) in [6, 6.07) is 4.46. The van der Waals surface area contributed by atoms with Crippen molar-refractivity contribution in [1.29, 1.82) is 0 Å². The van der Waals surface area contributed by atoms with Gasteiger partial charge in [0.15, 0.2) is 5.13 Å². The molecule has 2 atom stereocenters. The van der Waals surface area contributed by atoms with Crippen LogP contribution in [0.2, 0.25) is 0 Å². The van der Waals surface area contributed by atoms with E-state index in [1.165, 1.54) is 30.6 Å². The van der Waals surface area contributed by atoms with Gasteiger partial charge < -0.3 is 15.6 Å². The first kappa shape index (κ1) is 18.8. The number of nitrogens with one attached hydrogen (secondary N) is 1. The SMILES string of the molecule is Nc1nc(CCNC(=O)c2ccc3n(c2=O)C[C@H]2C[C@@H]3CN(C3CCC3)C2)cs1. The van der Waals surface area contributed by atoms with Gasteiger partial charge in [-0.05, 0) is 37.3 Å². The molecule has 3 N–H and O–H groups in total. The minimum Gasteiger partial charge on any atom is -0.375 e. The Bertz CT molecular complexity index is 980. The first-order chi connectivity index (χ1) is 14.1. The number of amides is 1. The molecule has 1 saturated carbocycles. The van der Waals surface area contributed by atoms with Crippen molar-refractivity contribution in [3.63, 3.8) is 0 Å². The molecule has 5 rings (SSSR count). The molecular formula is C21H27N5O2S. The summed E-state index contributed by atoms with van der Waals surface area (Å²) in [5.74, 6) is 0.608. The van der Waals surface area contributed by atoms with Gasteiger partial charge in [0.1, 0.15) is 5.56 Å². The zero-order chi connectivity index (χ0) is 20.0. The number of piperidine rings is 1. The Labute approximate surface area is 173 Å². The minimum absolute atomic E-state index is 0.148. The third-order valence-corrected chi connectivity index (χ3v) is 7.43. The number of carbonyl (C=O) groups excluding carboxylic acids is 1. The number of nitrogens with zero attached hydrogens (tertiary/aromatic N) is 3. The van der Waals surface area contributed by atoms with Crippen LogP contribution in [0.25, 0.3) is 0 Å². The van der Waals surface area contributed by atoms with Crippen molar-refractivity contribution >= 4 is 22.4 Å². The number of thiazole rings is 1. The lowest BCUT2D eigenvalue weighted by Gasteiger charge is -2.48. The standard InChI is InChI=1S/C21H27N5O2S/c22-21-24-15(12-29-21)6-7-23-19(27)17-4-5-18-14-8-13(10-26(18)20(17)28)9-25(11-14)16-2-1-3-16/h4-5,12-14,16H,1-3,6-11H2,(H2,22,24)(H,23,27)/t13-,14+/m0/s1. The Morgan fingerprint density at radius 2 is 2.14 bits per heavy atom. The maximum Gasteiger partial charge on any atom is 0.263 e. The van der Waals surface area contributed by atoms with Crippen LogP contribution in [0.4, 0.5) is 5.13 Å². The van der Waals surface area contributed by atoms with Crippen LogP contribution in [0.3, 0.4) is 0 Å². The summed E-state index contributed by atoms with van der Waals surface area (Å²) in [5, 5.41) is 5.27. The van der Waals surface area contributed by atoms with E-state index in [4.69, 9.17) is 5.73 Å². The van der Waals surface area contributed by atoms with E-state index in [2.05, 4.69) is 15.2 Å². The van der Waals surface area contributed by atoms with Gasteiger partial charge in [-0.15, -0.1) is 11.3 Å². The smallest absolute Gasteiger partial charge is 0.263 e. The molecular weight excluding hydrogens is 386 g/mol. The van der Waals surface area contributed by atoms with Crippen molar-refractivity contribution in [2.75, 3.05) is 25.4 Å². The molecule has 2 aromatic rings. The largest absolute Gasteiger partial charge is 0.375 e. The second-order valence-electron chi connectivity index (χ2n) is 8.61. The predicted octanol–water partition coefficient (Wildman–Crippen LogP) is 1.83. The third-order valence-electron chi connectivity index (χ3n) is 6.70. The molecule has 0 unspecified atom stereocenters. The molecule has 7 nitrogen and oxygen atoms in total. The van der Waals surface area contributed by atoms with Crippen LogP contribution in [0, 0.1) is 5.92 Å². The molecule has 2 fully saturated rings. The van der Waals surface area contributed by atoms with E-state index in [0.29, 0.717) is 29.9 Å². The van der Waals surface area contributed by atoms with E-state index >= 15 is 0 Å². The number of carbonyl (C=O) groups is 1. The summed E-state index contributed by atoms with van der Waals surface area (Å²) in [7, 11) is 0. The number of aromatic nitrogens is 2. The van der Waals surface area contributed by atoms with Crippen molar-refractivity contribution in [3.8, 4) is 0 Å². The van der Waals surface area contributed by atoms with Gasteiger partial charge >= 0.3 is 0 Å². The number of anilines is 1. The van der Waals surface area contributed by atoms with Crippen molar-refractivity contribution < 1.29 is 4.79 Å². The molecule has 0 aromatic carbocycles. The number of fused-ring (bicyclic) bond motifs is 4. The molecule has 2 bridgehead atoms. The monoisotopic (exact) mass is 413 g/mol. The average Bonchev–Trinajstić information content (AvgIpc) is 3.06. The van der Waals surface area contributed by atoms with E-state index in [0.717, 1.165) is 43.5 Å². The van der Waals surface area contributed by atoms with Gasteiger partial charge in [-0.2, -0.15) is 0 Å². The number of rotatable bonds is 5. The van der Waals surface area contributed by atoms with E-state index in [-0.39, 0.29) is 17.0 Å². The molecule has 2 aromatic heterocycles. The lowest BCUT2D eigenvalue weighted by atomic mass is 9.80. The fourth-order valence-electron chi connectivity index (χ4n) is 5.04. The zero-order valence-corrected chi connectivity index (χ0v) is 17.3. The molecule has 2 aliphatic heterocycles. The second kappa shape index (κ2) is 7.57. The van der Waals surface area contributed by atoms with Crippen molar-refractivity contribution in [1.82, 2.24) is 19.8 Å². The number of likely N-dealkylation sites (tertiary alicyclic amines) is 1. The Morgan fingerprint density at radius 3 is 2.86 bits per heavy atom. The van der Waals surface area contributed by atoms with Crippen molar-refractivity contribution in [3.05, 3.63) is 44.8 Å². The van der Waals surface area contributed by atoms with Gasteiger partial charge in [0.2, 0.25) is 0 Å². The van der Waals surface area contributed by atoms with Gasteiger partial charge in [0.05, 0.1) is 5.69 Å². The first-order valence-corrected chi connectivity index (χ1v) is 11.4. The van der Waals surface area contributed by atoms with Crippen LogP contribution >= 0.6 is 11.3 Å². The summed E-state index contributed by atoms with van der Waals surface area (Å²) in [5.41, 5.74) is 7.69. The Balaban J connectivity index is 1.29. The predicted molar refractivity (Wildman–Crippen MR) is 113 cm³/mol. The summed E-state index contributed by atoms with van der Waals surface area (Å²) in [6.45, 7) is 3.29. The van der Waals surface area contributed by atoms with Crippen LogP contribution < -0.4 is 16.6 Å². The molecule has 1 saturated heterocycles. The summed E-state index contributed by atoms with van der Waals surface area (Å²) >= 11 is 1.39. The van der Waals surface area contributed by atoms with Crippen LogP contribution in [0.15, 0.2) is 22.3 Å². The molecule has 0 radical (unpaired) electrons. The van der Waals surface area contributed by atoms with E-state index < -0.39 is 0 Å². The van der Waals surface area contributed by atoms with Crippen molar-refractivity contribution in [2.45, 2.75) is 50.6 Å². The highest BCUT2D eigenvalue weighted by Crippen LogP contribution is 2.38. The van der Waals surface area contributed by atoms with Crippen LogP contribution in [0.1, 0.15) is 53.3 Å². The van der Waals surface area contributed by atoms with Gasteiger partial charge in [-0.3, -0.25) is 14.5 Å². The second-order valence-corrected chi connectivity index (χ2v) is 9.50. The number of nitrogen functional groups attached to an aromatic ring is 1. The number of hydrogen-bond acceptors (Lipinski definition) is 6. The highest BCUT2D eigenvalue weighted by atomic mass is 32.1. The quantitative estimate of drug-likeness (QED) is 0.780. The fraction of sp³-hybridized carbons (Fsp3) is 0.571. The maximum atomic E-state index is 13.1. The molecule has 1 aliphatic carbocycles. The summed E-state index contributed by atoms with van der Waals surface area (Å²) in [4.78, 5) is 32.5. The molecule has 0 spiro atoms. The van der Waals surface area contributed by atoms with Gasteiger partial charge in [0, 0.05) is 55.6 Å². The van der Waals surface area contributed by atoms with Gasteiger partial charge in [-0.25, -0.2) is 4.98 Å².